The lowest BCUT2D eigenvalue weighted by molar-refractivity contribution is -0.120. The average molecular weight is 566 g/mol. The minimum Gasteiger partial charge on any atom is -0.369 e. The van der Waals surface area contributed by atoms with Crippen LogP contribution < -0.4 is 11.1 Å². The number of hydrogen-bond donors (Lipinski definition) is 2. The molecule has 3 aromatic rings. The van der Waals surface area contributed by atoms with Gasteiger partial charge in [-0.2, -0.15) is 0 Å². The van der Waals surface area contributed by atoms with Crippen molar-refractivity contribution in [1.29, 1.82) is 0 Å². The molecule has 182 valence electrons. The van der Waals surface area contributed by atoms with Crippen LogP contribution in [0.4, 0.5) is 23.2 Å². The summed E-state index contributed by atoms with van der Waals surface area (Å²) in [5.41, 5.74) is 2.85. The summed E-state index contributed by atoms with van der Waals surface area (Å²) in [6.07, 6.45) is 0. The van der Waals surface area contributed by atoms with Crippen LogP contribution >= 0.6 is 46.4 Å². The molecule has 0 saturated heterocycles. The number of hydrogen-bond acceptors (Lipinski definition) is 2. The van der Waals surface area contributed by atoms with Crippen LogP contribution in [0.25, 0.3) is 0 Å². The number of amides is 2. The molecule has 2 unspecified atom stereocenters. The third kappa shape index (κ3) is 3.93. The Bertz CT molecular complexity index is 1400. The van der Waals surface area contributed by atoms with Gasteiger partial charge in [0.15, 0.2) is 0 Å². The Morgan fingerprint density at radius 1 is 0.914 bits per heavy atom. The molecule has 1 saturated carbocycles. The van der Waals surface area contributed by atoms with Crippen LogP contribution in [0.15, 0.2) is 48.5 Å². The van der Waals surface area contributed by atoms with E-state index in [9.17, 15) is 27.2 Å². The van der Waals surface area contributed by atoms with Gasteiger partial charge in [-0.15, -0.1) is 0 Å². The van der Waals surface area contributed by atoms with E-state index in [1.807, 2.05) is 0 Å². The first kappa shape index (κ1) is 25.6. The summed E-state index contributed by atoms with van der Waals surface area (Å²) in [4.78, 5) is 25.5. The van der Waals surface area contributed by atoms with Crippen molar-refractivity contribution in [2.24, 2.45) is 5.73 Å². The number of nitrogens with two attached hydrogens (primary N) is 1. The van der Waals surface area contributed by atoms with E-state index in [0.717, 1.165) is 30.3 Å². The highest BCUT2D eigenvalue weighted by Crippen LogP contribution is 2.74. The topological polar surface area (TPSA) is 72.2 Å². The average Bonchev–Trinajstić information content (AvgIpc) is 3.31. The number of primary amides is 1. The zero-order valence-corrected chi connectivity index (χ0v) is 20.1. The number of anilines is 1. The second kappa shape index (κ2) is 8.85. The molecule has 0 bridgehead atoms. The first-order valence-corrected chi connectivity index (χ1v) is 11.2. The minimum atomic E-state index is -2.01. The van der Waals surface area contributed by atoms with E-state index in [2.05, 4.69) is 5.32 Å². The Morgan fingerprint density at radius 2 is 1.60 bits per heavy atom. The Morgan fingerprint density at radius 3 is 2.23 bits per heavy atom. The van der Waals surface area contributed by atoms with E-state index >= 15 is 0 Å². The lowest BCUT2D eigenvalue weighted by atomic mass is 9.88. The maximum Gasteiger partial charge on any atom is 0.257 e. The summed E-state index contributed by atoms with van der Waals surface area (Å²) in [5.74, 6) is -7.38. The van der Waals surface area contributed by atoms with Crippen molar-refractivity contribution in [2.45, 2.75) is 15.7 Å². The molecule has 12 heteroatoms. The molecule has 1 fully saturated rings. The van der Waals surface area contributed by atoms with Crippen molar-refractivity contribution < 1.29 is 27.2 Å². The summed E-state index contributed by atoms with van der Waals surface area (Å²) in [6.45, 7) is 0. The van der Waals surface area contributed by atoms with Gasteiger partial charge in [0, 0.05) is 12.0 Å². The van der Waals surface area contributed by atoms with Crippen molar-refractivity contribution in [3.63, 3.8) is 0 Å². The molecular formula is C23H12Cl4F4N2O2. The van der Waals surface area contributed by atoms with Crippen molar-refractivity contribution in [2.75, 3.05) is 5.32 Å². The predicted molar refractivity (Wildman–Crippen MR) is 125 cm³/mol. The fourth-order valence-electron chi connectivity index (χ4n) is 4.13. The minimum absolute atomic E-state index is 0.00558. The molecule has 0 radical (unpaired) electrons. The number of carbonyl (C=O) groups is 2. The first-order valence-electron chi connectivity index (χ1n) is 9.71. The highest BCUT2D eigenvalue weighted by molar-refractivity contribution is 6.55. The largest absolute Gasteiger partial charge is 0.369 e. The molecule has 2 atom stereocenters. The van der Waals surface area contributed by atoms with E-state index in [1.54, 1.807) is 0 Å². The molecule has 0 heterocycles. The molecule has 3 N–H and O–H groups in total. The van der Waals surface area contributed by atoms with Gasteiger partial charge >= 0.3 is 0 Å². The maximum absolute atomic E-state index is 14.8. The smallest absolute Gasteiger partial charge is 0.257 e. The zero-order valence-electron chi connectivity index (χ0n) is 17.1. The Hall–Kier alpha value is -2.52. The number of carbonyl (C=O) groups excluding carboxylic acids is 2. The summed E-state index contributed by atoms with van der Waals surface area (Å²) in [7, 11) is 0. The molecule has 4 rings (SSSR count). The maximum atomic E-state index is 14.8. The van der Waals surface area contributed by atoms with Gasteiger partial charge in [-0.05, 0) is 41.5 Å². The summed E-state index contributed by atoms with van der Waals surface area (Å²) in [6, 6.07) is 8.13. The van der Waals surface area contributed by atoms with Gasteiger partial charge in [-0.25, -0.2) is 17.6 Å². The van der Waals surface area contributed by atoms with Crippen LogP contribution in [-0.2, 0) is 10.2 Å². The molecule has 35 heavy (non-hydrogen) atoms. The van der Waals surface area contributed by atoms with Crippen LogP contribution in [0.5, 0.6) is 0 Å². The number of benzene rings is 3. The summed E-state index contributed by atoms with van der Waals surface area (Å²) >= 11 is 24.7. The molecule has 1 aliphatic carbocycles. The normalized spacial score (nSPS) is 20.4. The third-order valence-electron chi connectivity index (χ3n) is 5.85. The van der Waals surface area contributed by atoms with Crippen LogP contribution in [0, 0.1) is 23.3 Å². The van der Waals surface area contributed by atoms with Crippen LogP contribution in [0.2, 0.25) is 10.0 Å². The van der Waals surface area contributed by atoms with Gasteiger partial charge in [0.2, 0.25) is 5.91 Å². The van der Waals surface area contributed by atoms with E-state index in [-0.39, 0.29) is 27.4 Å². The number of rotatable bonds is 5. The lowest BCUT2D eigenvalue weighted by Gasteiger charge is -2.17. The fourth-order valence-corrected chi connectivity index (χ4v) is 5.58. The van der Waals surface area contributed by atoms with Crippen molar-refractivity contribution in [3.8, 4) is 0 Å². The monoisotopic (exact) mass is 564 g/mol. The Balaban J connectivity index is 1.80. The summed E-state index contributed by atoms with van der Waals surface area (Å²) in [5, 5.41) is 1.32. The van der Waals surface area contributed by atoms with Crippen LogP contribution in [0.3, 0.4) is 0 Å². The first-order chi connectivity index (χ1) is 16.3. The Kier molecular flexibility index (Phi) is 6.47. The second-order valence-electron chi connectivity index (χ2n) is 7.77. The molecule has 4 nitrogen and oxygen atoms in total. The van der Waals surface area contributed by atoms with Gasteiger partial charge in [0.1, 0.15) is 38.0 Å². The van der Waals surface area contributed by atoms with E-state index in [4.69, 9.17) is 52.1 Å². The second-order valence-corrected chi connectivity index (χ2v) is 9.94. The van der Waals surface area contributed by atoms with Crippen molar-refractivity contribution in [3.05, 3.63) is 98.5 Å². The van der Waals surface area contributed by atoms with E-state index in [0.29, 0.717) is 6.07 Å². The Labute approximate surface area is 215 Å². The van der Waals surface area contributed by atoms with Crippen molar-refractivity contribution in [1.82, 2.24) is 0 Å². The highest BCUT2D eigenvalue weighted by Gasteiger charge is 2.81. The van der Waals surface area contributed by atoms with Gasteiger partial charge in [0.25, 0.3) is 5.91 Å². The predicted octanol–water partition coefficient (Wildman–Crippen LogP) is 6.50. The van der Waals surface area contributed by atoms with Crippen LogP contribution in [0.1, 0.15) is 27.4 Å². The molecule has 2 amide bonds. The number of halogens is 8. The van der Waals surface area contributed by atoms with Crippen LogP contribution in [-0.4, -0.2) is 16.1 Å². The molecule has 1 aliphatic rings. The molecular weight excluding hydrogens is 554 g/mol. The van der Waals surface area contributed by atoms with Gasteiger partial charge in [-0.3, -0.25) is 9.59 Å². The lowest BCUT2D eigenvalue weighted by Crippen LogP contribution is -2.34. The quantitative estimate of drug-likeness (QED) is 0.211. The third-order valence-corrected chi connectivity index (χ3v) is 7.56. The molecule has 3 aromatic carbocycles. The zero-order chi connectivity index (χ0) is 25.9. The van der Waals surface area contributed by atoms with Gasteiger partial charge < -0.3 is 11.1 Å². The molecule has 0 aromatic heterocycles. The summed E-state index contributed by atoms with van der Waals surface area (Å²) < 4.78 is 53.7. The number of nitrogens with one attached hydrogen (secondary N) is 1. The molecule has 0 aliphatic heterocycles. The standard InChI is InChI=1S/C23H12Cl4F4N2O2/c24-13-4-1-9(7-12(13)20(34)33-16-6-2-10(28)8-15(16)30)22(21(32)35)19(23(22,26)27)11-3-5-14(29)17(25)18(11)31/h1-8,19H,(H2,32,35)(H,33,34). The van der Waals surface area contributed by atoms with E-state index in [1.165, 1.54) is 12.1 Å². The van der Waals surface area contributed by atoms with E-state index < -0.39 is 55.8 Å². The highest BCUT2D eigenvalue weighted by atomic mass is 35.5. The van der Waals surface area contributed by atoms with Gasteiger partial charge in [0.05, 0.1) is 16.3 Å². The molecule has 0 spiro atoms. The number of alkyl halides is 2. The fraction of sp³-hybridized carbons (Fsp3) is 0.130. The SMILES string of the molecule is NC(=O)C1(c2ccc(Cl)c(C(=O)Nc3ccc(F)cc3F)c2)C(c2ccc(F)c(Cl)c2F)C1(Cl)Cl. The van der Waals surface area contributed by atoms with Gasteiger partial charge in [-0.1, -0.05) is 58.5 Å². The van der Waals surface area contributed by atoms with Crippen molar-refractivity contribution >= 4 is 63.9 Å².